The lowest BCUT2D eigenvalue weighted by molar-refractivity contribution is -0.0411. The SMILES string of the molecule is COCC1C(O)CCC2c3c(ccc(F)c3F)OCC21. The van der Waals surface area contributed by atoms with Gasteiger partial charge >= 0.3 is 0 Å². The predicted molar refractivity (Wildman–Crippen MR) is 68.7 cm³/mol. The predicted octanol–water partition coefficient (Wildman–Crippen LogP) is 2.47. The van der Waals surface area contributed by atoms with Gasteiger partial charge in [-0.15, -0.1) is 0 Å². The maximum atomic E-state index is 14.1. The summed E-state index contributed by atoms with van der Waals surface area (Å²) >= 11 is 0. The summed E-state index contributed by atoms with van der Waals surface area (Å²) in [6.45, 7) is 0.811. The van der Waals surface area contributed by atoms with Gasteiger partial charge in [-0.3, -0.25) is 0 Å². The largest absolute Gasteiger partial charge is 0.493 e. The maximum absolute atomic E-state index is 14.1. The Hall–Kier alpha value is -1.20. The van der Waals surface area contributed by atoms with Crippen molar-refractivity contribution in [1.82, 2.24) is 0 Å². The molecule has 20 heavy (non-hydrogen) atoms. The zero-order valence-corrected chi connectivity index (χ0v) is 11.3. The third-order valence-electron chi connectivity index (χ3n) is 4.59. The zero-order chi connectivity index (χ0) is 14.3. The molecule has 1 aliphatic carbocycles. The van der Waals surface area contributed by atoms with Gasteiger partial charge < -0.3 is 14.6 Å². The first-order chi connectivity index (χ1) is 9.63. The molecular weight excluding hydrogens is 266 g/mol. The molecule has 3 nitrogen and oxygen atoms in total. The average molecular weight is 284 g/mol. The van der Waals surface area contributed by atoms with Gasteiger partial charge in [0.1, 0.15) is 5.75 Å². The van der Waals surface area contributed by atoms with Gasteiger partial charge in [0, 0.05) is 24.5 Å². The van der Waals surface area contributed by atoms with Gasteiger partial charge in [-0.25, -0.2) is 8.78 Å². The highest BCUT2D eigenvalue weighted by atomic mass is 19.2. The summed E-state index contributed by atoms with van der Waals surface area (Å²) in [5.74, 6) is -1.49. The van der Waals surface area contributed by atoms with Crippen molar-refractivity contribution < 1.29 is 23.4 Å². The molecule has 0 spiro atoms. The lowest BCUT2D eigenvalue weighted by atomic mass is 9.67. The molecule has 2 aliphatic rings. The van der Waals surface area contributed by atoms with Gasteiger partial charge in [0.2, 0.25) is 0 Å². The molecule has 0 radical (unpaired) electrons. The molecule has 3 rings (SSSR count). The Balaban J connectivity index is 1.99. The fourth-order valence-electron chi connectivity index (χ4n) is 3.59. The van der Waals surface area contributed by atoms with Crippen LogP contribution in [-0.4, -0.2) is 31.5 Å². The van der Waals surface area contributed by atoms with Gasteiger partial charge in [-0.05, 0) is 30.9 Å². The number of rotatable bonds is 2. The molecule has 1 saturated carbocycles. The Kier molecular flexibility index (Phi) is 3.65. The van der Waals surface area contributed by atoms with Crippen LogP contribution in [0.3, 0.4) is 0 Å². The molecule has 0 aromatic heterocycles. The molecule has 4 atom stereocenters. The van der Waals surface area contributed by atoms with Crippen molar-refractivity contribution in [3.05, 3.63) is 29.3 Å². The van der Waals surface area contributed by atoms with Crippen molar-refractivity contribution in [3.8, 4) is 5.75 Å². The fraction of sp³-hybridized carbons (Fsp3) is 0.600. The van der Waals surface area contributed by atoms with E-state index < -0.39 is 17.7 Å². The van der Waals surface area contributed by atoms with Gasteiger partial charge in [-0.1, -0.05) is 0 Å². The zero-order valence-electron chi connectivity index (χ0n) is 11.3. The highest BCUT2D eigenvalue weighted by Crippen LogP contribution is 2.48. The molecule has 1 fully saturated rings. The second-order valence-corrected chi connectivity index (χ2v) is 5.62. The first kappa shape index (κ1) is 13.8. The van der Waals surface area contributed by atoms with E-state index in [1.54, 1.807) is 7.11 Å². The van der Waals surface area contributed by atoms with E-state index in [-0.39, 0.29) is 17.8 Å². The standard InChI is InChI=1S/C15H18F2O3/c1-19-6-10-9-7-20-13-5-3-11(16)15(17)14(13)8(9)2-4-12(10)18/h3,5,8-10,12,18H,2,4,6-7H2,1H3. The minimum Gasteiger partial charge on any atom is -0.493 e. The summed E-state index contributed by atoms with van der Waals surface area (Å²) in [6, 6.07) is 2.58. The van der Waals surface area contributed by atoms with Crippen LogP contribution in [0.2, 0.25) is 0 Å². The molecule has 0 amide bonds. The van der Waals surface area contributed by atoms with Crippen molar-refractivity contribution in [1.29, 1.82) is 0 Å². The molecule has 1 heterocycles. The topological polar surface area (TPSA) is 38.7 Å². The summed E-state index contributed by atoms with van der Waals surface area (Å²) in [4.78, 5) is 0. The third-order valence-corrected chi connectivity index (χ3v) is 4.59. The first-order valence-electron chi connectivity index (χ1n) is 6.91. The molecule has 1 aromatic carbocycles. The van der Waals surface area contributed by atoms with Gasteiger partial charge in [0.05, 0.1) is 19.3 Å². The Morgan fingerprint density at radius 2 is 2.15 bits per heavy atom. The van der Waals surface area contributed by atoms with Crippen LogP contribution in [-0.2, 0) is 4.74 Å². The normalized spacial score (nSPS) is 32.2. The van der Waals surface area contributed by atoms with Crippen LogP contribution in [0.25, 0.3) is 0 Å². The lowest BCUT2D eigenvalue weighted by Crippen LogP contribution is -2.44. The van der Waals surface area contributed by atoms with Crippen LogP contribution >= 0.6 is 0 Å². The van der Waals surface area contributed by atoms with E-state index in [2.05, 4.69) is 0 Å². The van der Waals surface area contributed by atoms with Crippen molar-refractivity contribution in [2.24, 2.45) is 11.8 Å². The summed E-state index contributed by atoms with van der Waals surface area (Å²) in [7, 11) is 1.58. The van der Waals surface area contributed by atoms with Crippen LogP contribution in [0.5, 0.6) is 5.75 Å². The quantitative estimate of drug-likeness (QED) is 0.906. The smallest absolute Gasteiger partial charge is 0.165 e. The Labute approximate surface area is 116 Å². The highest BCUT2D eigenvalue weighted by molar-refractivity contribution is 5.41. The van der Waals surface area contributed by atoms with E-state index in [9.17, 15) is 13.9 Å². The number of aliphatic hydroxyl groups excluding tert-OH is 1. The summed E-state index contributed by atoms with van der Waals surface area (Å²) < 4.78 is 38.3. The molecule has 1 aromatic rings. The molecule has 0 bridgehead atoms. The van der Waals surface area contributed by atoms with Gasteiger partial charge in [0.15, 0.2) is 11.6 Å². The summed E-state index contributed by atoms with van der Waals surface area (Å²) in [5, 5.41) is 10.1. The number of aliphatic hydroxyl groups is 1. The number of halogens is 2. The van der Waals surface area contributed by atoms with E-state index in [1.165, 1.54) is 6.07 Å². The molecular formula is C15H18F2O3. The van der Waals surface area contributed by atoms with Gasteiger partial charge in [-0.2, -0.15) is 0 Å². The lowest BCUT2D eigenvalue weighted by Gasteiger charge is -2.44. The number of hydrogen-bond donors (Lipinski definition) is 1. The van der Waals surface area contributed by atoms with Crippen LogP contribution in [0.4, 0.5) is 8.78 Å². The van der Waals surface area contributed by atoms with Crippen LogP contribution in [0.15, 0.2) is 12.1 Å². The number of methoxy groups -OCH3 is 1. The average Bonchev–Trinajstić information content (AvgIpc) is 2.45. The Morgan fingerprint density at radius 3 is 2.90 bits per heavy atom. The van der Waals surface area contributed by atoms with E-state index in [1.807, 2.05) is 0 Å². The van der Waals surface area contributed by atoms with Gasteiger partial charge in [0.25, 0.3) is 0 Å². The first-order valence-corrected chi connectivity index (χ1v) is 6.91. The molecule has 0 saturated heterocycles. The number of benzene rings is 1. The molecule has 1 aliphatic heterocycles. The van der Waals surface area contributed by atoms with E-state index in [0.717, 1.165) is 6.07 Å². The summed E-state index contributed by atoms with van der Waals surface area (Å²) in [5.41, 5.74) is 0.328. The molecule has 4 unspecified atom stereocenters. The minimum atomic E-state index is -0.845. The highest BCUT2D eigenvalue weighted by Gasteiger charge is 2.44. The number of hydrogen-bond acceptors (Lipinski definition) is 3. The minimum absolute atomic E-state index is 0.0394. The number of ether oxygens (including phenoxy) is 2. The van der Waals surface area contributed by atoms with Crippen LogP contribution in [0.1, 0.15) is 24.3 Å². The van der Waals surface area contributed by atoms with Crippen molar-refractivity contribution in [3.63, 3.8) is 0 Å². The monoisotopic (exact) mass is 284 g/mol. The van der Waals surface area contributed by atoms with Crippen molar-refractivity contribution in [2.75, 3.05) is 20.3 Å². The summed E-state index contributed by atoms with van der Waals surface area (Å²) in [6.07, 6.45) is 0.742. The molecule has 110 valence electrons. The van der Waals surface area contributed by atoms with Crippen molar-refractivity contribution in [2.45, 2.75) is 24.9 Å². The van der Waals surface area contributed by atoms with E-state index in [0.29, 0.717) is 37.4 Å². The second kappa shape index (κ2) is 5.30. The maximum Gasteiger partial charge on any atom is 0.165 e. The van der Waals surface area contributed by atoms with Crippen LogP contribution in [0, 0.1) is 23.5 Å². The van der Waals surface area contributed by atoms with Crippen LogP contribution < -0.4 is 4.74 Å². The fourth-order valence-corrected chi connectivity index (χ4v) is 3.59. The van der Waals surface area contributed by atoms with E-state index >= 15 is 0 Å². The molecule has 1 N–H and O–H groups in total. The molecule has 5 heteroatoms. The van der Waals surface area contributed by atoms with Crippen molar-refractivity contribution >= 4 is 0 Å². The number of fused-ring (bicyclic) bond motifs is 3. The Bertz CT molecular complexity index is 506. The van der Waals surface area contributed by atoms with E-state index in [4.69, 9.17) is 9.47 Å². The second-order valence-electron chi connectivity index (χ2n) is 5.62. The Morgan fingerprint density at radius 1 is 1.35 bits per heavy atom. The third kappa shape index (κ3) is 2.09.